The van der Waals surface area contributed by atoms with Gasteiger partial charge in [-0.15, -0.1) is 0 Å². The topological polar surface area (TPSA) is 0 Å². The van der Waals surface area contributed by atoms with Gasteiger partial charge in [0.15, 0.2) is 0 Å². The van der Waals surface area contributed by atoms with Crippen LogP contribution in [0.15, 0.2) is 34.1 Å². The van der Waals surface area contributed by atoms with E-state index in [-0.39, 0.29) is 0 Å². The fourth-order valence-corrected chi connectivity index (χ4v) is 2.58. The van der Waals surface area contributed by atoms with Gasteiger partial charge >= 0.3 is 22.9 Å². The Labute approximate surface area is 125 Å². The van der Waals surface area contributed by atoms with Gasteiger partial charge < -0.3 is 0 Å². The van der Waals surface area contributed by atoms with E-state index in [1.807, 2.05) is 0 Å². The number of alkyl halides is 10. The molecule has 0 aliphatic rings. The molecule has 0 fully saturated rings. The first-order valence-corrected chi connectivity index (χ1v) is 6.66. The monoisotopic (exact) mass is 378 g/mol. The normalized spacial score (nSPS) is 14.3. The zero-order valence-electron chi connectivity index (χ0n) is 9.91. The first-order valence-electron chi connectivity index (χ1n) is 5.03. The SMILES string of the molecule is FC(F)(F)C(F)(F)Sc1cccc(SC(F)(F)C(F)(F)F)c1. The summed E-state index contributed by atoms with van der Waals surface area (Å²) in [5, 5.41) is -10.4. The van der Waals surface area contributed by atoms with Gasteiger partial charge in [-0.25, -0.2) is 0 Å². The van der Waals surface area contributed by atoms with Crippen LogP contribution >= 0.6 is 23.5 Å². The van der Waals surface area contributed by atoms with Gasteiger partial charge in [0.1, 0.15) is 0 Å². The molecule has 0 spiro atoms. The van der Waals surface area contributed by atoms with Crippen molar-refractivity contribution in [3.8, 4) is 0 Å². The Morgan fingerprint density at radius 3 is 1.18 bits per heavy atom. The van der Waals surface area contributed by atoms with Gasteiger partial charge in [-0.05, 0) is 41.7 Å². The van der Waals surface area contributed by atoms with Crippen LogP contribution in [0.4, 0.5) is 43.9 Å². The Balaban J connectivity index is 2.97. The van der Waals surface area contributed by atoms with E-state index in [2.05, 4.69) is 0 Å². The van der Waals surface area contributed by atoms with Gasteiger partial charge in [0.25, 0.3) is 0 Å². The Hall–Kier alpha value is -0.780. The highest BCUT2D eigenvalue weighted by atomic mass is 32.2. The molecule has 0 heterocycles. The van der Waals surface area contributed by atoms with Gasteiger partial charge in [0.05, 0.1) is 0 Å². The summed E-state index contributed by atoms with van der Waals surface area (Å²) in [4.78, 5) is -1.60. The summed E-state index contributed by atoms with van der Waals surface area (Å²) in [6.07, 6.45) is -11.8. The second-order valence-electron chi connectivity index (χ2n) is 3.71. The molecule has 0 bridgehead atoms. The van der Waals surface area contributed by atoms with Gasteiger partial charge in [0, 0.05) is 9.79 Å². The van der Waals surface area contributed by atoms with Crippen LogP contribution in [0.3, 0.4) is 0 Å². The molecule has 0 saturated carbocycles. The molecule has 0 unspecified atom stereocenters. The van der Waals surface area contributed by atoms with Crippen molar-refractivity contribution in [3.05, 3.63) is 24.3 Å². The van der Waals surface area contributed by atoms with Gasteiger partial charge in [-0.1, -0.05) is 6.07 Å². The lowest BCUT2D eigenvalue weighted by Gasteiger charge is -2.20. The highest BCUT2D eigenvalue weighted by Crippen LogP contribution is 2.50. The van der Waals surface area contributed by atoms with Crippen molar-refractivity contribution < 1.29 is 43.9 Å². The third kappa shape index (κ3) is 4.61. The van der Waals surface area contributed by atoms with E-state index in [9.17, 15) is 43.9 Å². The molecule has 12 heteroatoms. The van der Waals surface area contributed by atoms with E-state index in [1.165, 1.54) is 0 Å². The maximum atomic E-state index is 12.8. The van der Waals surface area contributed by atoms with Crippen molar-refractivity contribution >= 4 is 23.5 Å². The van der Waals surface area contributed by atoms with Crippen LogP contribution in [0.5, 0.6) is 0 Å². The van der Waals surface area contributed by atoms with Crippen molar-refractivity contribution in [1.82, 2.24) is 0 Å². The summed E-state index contributed by atoms with van der Waals surface area (Å²) in [7, 11) is 0. The van der Waals surface area contributed by atoms with E-state index in [4.69, 9.17) is 0 Å². The standard InChI is InChI=1S/C10H4F10S2/c11-7(12,13)9(17,18)21-5-2-1-3-6(4-5)22-10(19,20)8(14,15)16/h1-4H. The number of rotatable bonds is 4. The second-order valence-corrected chi connectivity index (χ2v) is 6.08. The molecule has 0 saturated heterocycles. The summed E-state index contributed by atoms with van der Waals surface area (Å²) in [6.45, 7) is 0. The Kier molecular flexibility index (Phi) is 5.27. The zero-order chi connectivity index (χ0) is 17.4. The lowest BCUT2D eigenvalue weighted by Crippen LogP contribution is -2.33. The second kappa shape index (κ2) is 6.02. The molecule has 0 aliphatic carbocycles. The van der Waals surface area contributed by atoms with Crippen LogP contribution in [0, 0.1) is 0 Å². The molecular formula is C10H4F10S2. The van der Waals surface area contributed by atoms with Crippen molar-refractivity contribution in [2.75, 3.05) is 0 Å². The van der Waals surface area contributed by atoms with E-state index in [0.717, 1.165) is 18.2 Å². The van der Waals surface area contributed by atoms with E-state index in [0.29, 0.717) is 6.07 Å². The van der Waals surface area contributed by atoms with E-state index >= 15 is 0 Å². The van der Waals surface area contributed by atoms with Crippen LogP contribution in [0.1, 0.15) is 0 Å². The van der Waals surface area contributed by atoms with Crippen LogP contribution in [-0.4, -0.2) is 22.9 Å². The summed E-state index contributed by atoms with van der Waals surface area (Å²) in [5.41, 5.74) is 0. The molecule has 1 aromatic carbocycles. The fourth-order valence-electron chi connectivity index (χ4n) is 1.01. The highest BCUT2D eigenvalue weighted by molar-refractivity contribution is 8.01. The maximum Gasteiger partial charge on any atom is 0.464 e. The molecule has 0 N–H and O–H groups in total. The molecule has 0 aliphatic heterocycles. The predicted octanol–water partition coefficient (Wildman–Crippen LogP) is 6.18. The molecular weight excluding hydrogens is 374 g/mol. The third-order valence-corrected chi connectivity index (χ3v) is 3.91. The maximum absolute atomic E-state index is 12.8. The number of hydrogen-bond acceptors (Lipinski definition) is 2. The zero-order valence-corrected chi connectivity index (χ0v) is 11.5. The molecule has 1 aromatic rings. The molecule has 126 valence electrons. The average Bonchev–Trinajstić information content (AvgIpc) is 2.24. The summed E-state index contributed by atoms with van der Waals surface area (Å²) in [6, 6.07) is 2.67. The molecule has 0 nitrogen and oxygen atoms in total. The third-order valence-electron chi connectivity index (χ3n) is 1.96. The molecule has 0 atom stereocenters. The van der Waals surface area contributed by atoms with Gasteiger partial charge in [-0.2, -0.15) is 43.9 Å². The number of hydrogen-bond donors (Lipinski definition) is 0. The fraction of sp³-hybridized carbons (Fsp3) is 0.400. The number of benzene rings is 1. The minimum absolute atomic E-state index is 0.397. The molecule has 0 amide bonds. The lowest BCUT2D eigenvalue weighted by atomic mass is 10.4. The van der Waals surface area contributed by atoms with Crippen molar-refractivity contribution in [2.45, 2.75) is 32.7 Å². The Bertz CT molecular complexity index is 476. The lowest BCUT2D eigenvalue weighted by molar-refractivity contribution is -0.237. The largest absolute Gasteiger partial charge is 0.464 e. The Morgan fingerprint density at radius 2 is 0.909 bits per heavy atom. The minimum Gasteiger partial charge on any atom is -0.183 e. The number of thioether (sulfide) groups is 2. The molecule has 0 aromatic heterocycles. The van der Waals surface area contributed by atoms with Gasteiger partial charge in [-0.3, -0.25) is 0 Å². The summed E-state index contributed by atoms with van der Waals surface area (Å²) >= 11 is -1.99. The van der Waals surface area contributed by atoms with E-state index < -0.39 is 56.2 Å². The van der Waals surface area contributed by atoms with Crippen molar-refractivity contribution in [1.29, 1.82) is 0 Å². The average molecular weight is 378 g/mol. The molecule has 22 heavy (non-hydrogen) atoms. The highest BCUT2D eigenvalue weighted by Gasteiger charge is 2.59. The predicted molar refractivity (Wildman–Crippen MR) is 60.2 cm³/mol. The van der Waals surface area contributed by atoms with Crippen LogP contribution in [-0.2, 0) is 0 Å². The minimum atomic E-state index is -5.89. The van der Waals surface area contributed by atoms with Crippen LogP contribution in [0.25, 0.3) is 0 Å². The smallest absolute Gasteiger partial charge is 0.183 e. The summed E-state index contributed by atoms with van der Waals surface area (Å²) in [5.74, 6) is 0. The molecule has 0 radical (unpaired) electrons. The quantitative estimate of drug-likeness (QED) is 0.453. The van der Waals surface area contributed by atoms with Crippen LogP contribution in [0.2, 0.25) is 0 Å². The first kappa shape index (κ1) is 19.3. The van der Waals surface area contributed by atoms with Crippen LogP contribution < -0.4 is 0 Å². The Morgan fingerprint density at radius 1 is 0.591 bits per heavy atom. The van der Waals surface area contributed by atoms with Gasteiger partial charge in [0.2, 0.25) is 0 Å². The van der Waals surface area contributed by atoms with Crippen molar-refractivity contribution in [3.63, 3.8) is 0 Å². The van der Waals surface area contributed by atoms with E-state index in [1.54, 1.807) is 0 Å². The number of halogens is 10. The van der Waals surface area contributed by atoms with Crippen molar-refractivity contribution in [2.24, 2.45) is 0 Å². The first-order chi connectivity index (χ1) is 9.66. The summed E-state index contributed by atoms with van der Waals surface area (Å²) < 4.78 is 123. The molecule has 1 rings (SSSR count).